The van der Waals surface area contributed by atoms with E-state index in [0.29, 0.717) is 24.4 Å². The van der Waals surface area contributed by atoms with E-state index in [1.165, 1.54) is 19.1 Å². The SMILES string of the molecule is CC(C=O)N(Nc1cccc(S(C)(=O)=O)c1NCC1CC1)C(=O)O. The van der Waals surface area contributed by atoms with Gasteiger partial charge in [-0.3, -0.25) is 5.43 Å². The second-order valence-corrected chi connectivity index (χ2v) is 7.90. The van der Waals surface area contributed by atoms with Crippen molar-refractivity contribution >= 4 is 33.6 Å². The summed E-state index contributed by atoms with van der Waals surface area (Å²) in [6, 6.07) is 3.62. The third-order valence-electron chi connectivity index (χ3n) is 3.74. The van der Waals surface area contributed by atoms with Crippen LogP contribution in [0.2, 0.25) is 0 Å². The van der Waals surface area contributed by atoms with E-state index in [9.17, 15) is 23.1 Å². The van der Waals surface area contributed by atoms with Crippen molar-refractivity contribution in [3.8, 4) is 0 Å². The summed E-state index contributed by atoms with van der Waals surface area (Å²) >= 11 is 0. The fourth-order valence-corrected chi connectivity index (χ4v) is 3.08. The average molecular weight is 355 g/mol. The Bertz CT molecular complexity index is 731. The molecule has 1 aromatic rings. The molecule has 9 heteroatoms. The molecule has 1 aliphatic rings. The summed E-state index contributed by atoms with van der Waals surface area (Å²) in [5.74, 6) is 0.495. The Balaban J connectivity index is 2.39. The number of hydrogen-bond acceptors (Lipinski definition) is 6. The average Bonchev–Trinajstić information content (AvgIpc) is 3.33. The Labute approximate surface area is 140 Å². The number of aldehydes is 1. The van der Waals surface area contributed by atoms with Crippen LogP contribution in [0.1, 0.15) is 19.8 Å². The number of hydrazine groups is 1. The highest BCUT2D eigenvalue weighted by Gasteiger charge is 2.25. The van der Waals surface area contributed by atoms with Gasteiger partial charge in [0.1, 0.15) is 12.3 Å². The van der Waals surface area contributed by atoms with E-state index < -0.39 is 22.0 Å². The number of carbonyl (C=O) groups excluding carboxylic acids is 1. The number of nitrogens with zero attached hydrogens (tertiary/aromatic N) is 1. The first-order chi connectivity index (χ1) is 11.2. The van der Waals surface area contributed by atoms with Crippen molar-refractivity contribution < 1.29 is 23.1 Å². The highest BCUT2D eigenvalue weighted by Crippen LogP contribution is 2.34. The van der Waals surface area contributed by atoms with E-state index in [1.807, 2.05) is 0 Å². The zero-order chi connectivity index (χ0) is 17.9. The van der Waals surface area contributed by atoms with Gasteiger partial charge in [-0.1, -0.05) is 6.07 Å². The molecule has 132 valence electrons. The van der Waals surface area contributed by atoms with Crippen LogP contribution in [-0.4, -0.2) is 49.8 Å². The Hall–Kier alpha value is -2.29. The van der Waals surface area contributed by atoms with Gasteiger partial charge in [0.05, 0.1) is 16.3 Å². The monoisotopic (exact) mass is 355 g/mol. The molecule has 1 aliphatic carbocycles. The van der Waals surface area contributed by atoms with Crippen LogP contribution < -0.4 is 10.7 Å². The number of carboxylic acid groups (broad SMARTS) is 1. The number of amides is 1. The van der Waals surface area contributed by atoms with Gasteiger partial charge in [-0.15, -0.1) is 0 Å². The van der Waals surface area contributed by atoms with Gasteiger partial charge in [0.2, 0.25) is 0 Å². The number of nitrogens with one attached hydrogen (secondary N) is 2. The maximum Gasteiger partial charge on any atom is 0.426 e. The third kappa shape index (κ3) is 4.38. The van der Waals surface area contributed by atoms with Gasteiger partial charge in [-0.25, -0.2) is 18.2 Å². The summed E-state index contributed by atoms with van der Waals surface area (Å²) < 4.78 is 24.0. The second-order valence-electron chi connectivity index (χ2n) is 5.92. The largest absolute Gasteiger partial charge is 0.464 e. The van der Waals surface area contributed by atoms with Crippen LogP contribution in [0.15, 0.2) is 23.1 Å². The minimum absolute atomic E-state index is 0.0808. The number of benzene rings is 1. The molecule has 1 saturated carbocycles. The third-order valence-corrected chi connectivity index (χ3v) is 4.88. The van der Waals surface area contributed by atoms with Crippen LogP contribution in [0.25, 0.3) is 0 Å². The highest BCUT2D eigenvalue weighted by atomic mass is 32.2. The summed E-state index contributed by atoms with van der Waals surface area (Å²) in [5, 5.41) is 13.1. The van der Waals surface area contributed by atoms with E-state index >= 15 is 0 Å². The van der Waals surface area contributed by atoms with Gasteiger partial charge in [-0.2, -0.15) is 0 Å². The molecule has 1 fully saturated rings. The first-order valence-electron chi connectivity index (χ1n) is 7.55. The number of carbonyl (C=O) groups is 2. The van der Waals surface area contributed by atoms with Crippen LogP contribution in [0.5, 0.6) is 0 Å². The van der Waals surface area contributed by atoms with Gasteiger partial charge >= 0.3 is 6.09 Å². The van der Waals surface area contributed by atoms with E-state index in [1.54, 1.807) is 6.07 Å². The van der Waals surface area contributed by atoms with Gasteiger partial charge in [0.25, 0.3) is 0 Å². The fourth-order valence-electron chi connectivity index (χ4n) is 2.20. The standard InChI is InChI=1S/C15H21N3O5S/c1-10(9-19)18(15(20)21)17-12-4-3-5-13(24(2,22)23)14(12)16-8-11-6-7-11/h3-5,9-11,16-17H,6-8H2,1-2H3,(H,20,21). The predicted octanol–water partition coefficient (Wildman–Crippen LogP) is 1.81. The normalized spacial score (nSPS) is 15.4. The smallest absolute Gasteiger partial charge is 0.426 e. The molecule has 3 N–H and O–H groups in total. The van der Waals surface area contributed by atoms with E-state index in [-0.39, 0.29) is 10.6 Å². The van der Waals surface area contributed by atoms with Crippen molar-refractivity contribution in [3.63, 3.8) is 0 Å². The highest BCUT2D eigenvalue weighted by molar-refractivity contribution is 7.90. The van der Waals surface area contributed by atoms with Gasteiger partial charge in [0.15, 0.2) is 9.84 Å². The van der Waals surface area contributed by atoms with Crippen molar-refractivity contribution in [3.05, 3.63) is 18.2 Å². The van der Waals surface area contributed by atoms with Crippen molar-refractivity contribution in [1.82, 2.24) is 5.01 Å². The fraction of sp³-hybridized carbons (Fsp3) is 0.467. The molecule has 8 nitrogen and oxygen atoms in total. The zero-order valence-corrected chi connectivity index (χ0v) is 14.3. The lowest BCUT2D eigenvalue weighted by Crippen LogP contribution is -2.43. The molecule has 0 aromatic heterocycles. The Morgan fingerprint density at radius 3 is 2.62 bits per heavy atom. The molecule has 2 rings (SSSR count). The van der Waals surface area contributed by atoms with Crippen LogP contribution >= 0.6 is 0 Å². The van der Waals surface area contributed by atoms with Crippen molar-refractivity contribution in [2.75, 3.05) is 23.5 Å². The van der Waals surface area contributed by atoms with Crippen LogP contribution in [-0.2, 0) is 14.6 Å². The van der Waals surface area contributed by atoms with Crippen molar-refractivity contribution in [2.45, 2.75) is 30.7 Å². The molecule has 1 aromatic carbocycles. The lowest BCUT2D eigenvalue weighted by molar-refractivity contribution is -0.111. The zero-order valence-electron chi connectivity index (χ0n) is 13.5. The topological polar surface area (TPSA) is 116 Å². The Morgan fingerprint density at radius 1 is 1.46 bits per heavy atom. The number of anilines is 2. The summed E-state index contributed by atoms with van der Waals surface area (Å²) in [6.07, 6.45) is 2.41. The number of para-hydroxylation sites is 1. The van der Waals surface area contributed by atoms with Crippen LogP contribution in [0, 0.1) is 5.92 Å². The first-order valence-corrected chi connectivity index (χ1v) is 9.44. The molecular formula is C15H21N3O5S. The van der Waals surface area contributed by atoms with Gasteiger partial charge < -0.3 is 15.2 Å². The van der Waals surface area contributed by atoms with Crippen LogP contribution in [0.4, 0.5) is 16.2 Å². The molecule has 1 amide bonds. The maximum atomic E-state index is 12.0. The molecule has 24 heavy (non-hydrogen) atoms. The second kappa shape index (κ2) is 7.08. The van der Waals surface area contributed by atoms with Gasteiger partial charge in [-0.05, 0) is 37.8 Å². The predicted molar refractivity (Wildman–Crippen MR) is 89.8 cm³/mol. The van der Waals surface area contributed by atoms with E-state index in [0.717, 1.165) is 24.1 Å². The minimum Gasteiger partial charge on any atom is -0.464 e. The van der Waals surface area contributed by atoms with Crippen molar-refractivity contribution in [2.24, 2.45) is 5.92 Å². The van der Waals surface area contributed by atoms with E-state index in [2.05, 4.69) is 10.7 Å². The van der Waals surface area contributed by atoms with E-state index in [4.69, 9.17) is 0 Å². The molecule has 1 atom stereocenters. The number of hydrogen-bond donors (Lipinski definition) is 3. The lowest BCUT2D eigenvalue weighted by Gasteiger charge is -2.26. The molecule has 0 aliphatic heterocycles. The quantitative estimate of drug-likeness (QED) is 0.481. The first kappa shape index (κ1) is 18.1. The summed E-state index contributed by atoms with van der Waals surface area (Å²) in [5.41, 5.74) is 3.23. The molecule has 0 spiro atoms. The summed E-state index contributed by atoms with van der Waals surface area (Å²) in [6.45, 7) is 2.03. The van der Waals surface area contributed by atoms with Crippen LogP contribution in [0.3, 0.4) is 0 Å². The Morgan fingerprint density at radius 2 is 2.12 bits per heavy atom. The maximum absolute atomic E-state index is 12.0. The molecule has 0 heterocycles. The molecule has 1 unspecified atom stereocenters. The van der Waals surface area contributed by atoms with Crippen molar-refractivity contribution in [1.29, 1.82) is 0 Å². The number of rotatable bonds is 8. The minimum atomic E-state index is -3.50. The molecule has 0 radical (unpaired) electrons. The molecular weight excluding hydrogens is 334 g/mol. The summed E-state index contributed by atoms with van der Waals surface area (Å²) in [7, 11) is -3.50. The molecule has 0 bridgehead atoms. The number of sulfone groups is 1. The Kier molecular flexibility index (Phi) is 5.33. The lowest BCUT2D eigenvalue weighted by atomic mass is 10.2. The molecule has 0 saturated heterocycles. The summed E-state index contributed by atoms with van der Waals surface area (Å²) in [4.78, 5) is 22.3. The van der Waals surface area contributed by atoms with Gasteiger partial charge in [0, 0.05) is 12.8 Å².